The number of hydrogen-bond acceptors (Lipinski definition) is 5. The fraction of sp³-hybridized carbons (Fsp3) is 0.654. The lowest BCUT2D eigenvalue weighted by atomic mass is 9.53. The molecule has 1 aromatic rings. The smallest absolute Gasteiger partial charge is 0.158 e. The maximum Gasteiger partial charge on any atom is 0.158 e. The minimum atomic E-state index is -1.63. The van der Waals surface area contributed by atoms with Crippen molar-refractivity contribution in [2.45, 2.75) is 80.6 Å². The highest BCUT2D eigenvalue weighted by Crippen LogP contribution is 2.71. The SMILES string of the molecule is CN(C)C1CC23CCC4(O2)C2CC=C(c5ccncc5)C2(C)CCC4(F)C=C3C(O)C1O. The lowest BCUT2D eigenvalue weighted by molar-refractivity contribution is -0.239. The van der Waals surface area contributed by atoms with Gasteiger partial charge in [0.25, 0.3) is 0 Å². The summed E-state index contributed by atoms with van der Waals surface area (Å²) in [6, 6.07) is 3.86. The number of ether oxygens (including phenoxy) is 1. The van der Waals surface area contributed by atoms with Crippen LogP contribution in [0.3, 0.4) is 0 Å². The molecule has 6 heteroatoms. The zero-order chi connectivity index (χ0) is 22.5. The van der Waals surface area contributed by atoms with Gasteiger partial charge in [0.1, 0.15) is 11.7 Å². The average Bonchev–Trinajstić information content (AvgIpc) is 3.30. The topological polar surface area (TPSA) is 65.8 Å². The Morgan fingerprint density at radius 3 is 2.59 bits per heavy atom. The number of aromatic nitrogens is 1. The Hall–Kier alpha value is -1.60. The third kappa shape index (κ3) is 2.39. The first-order valence-electron chi connectivity index (χ1n) is 11.9. The molecule has 3 fully saturated rings. The fourth-order valence-corrected chi connectivity index (χ4v) is 7.96. The van der Waals surface area contributed by atoms with E-state index >= 15 is 4.39 Å². The van der Waals surface area contributed by atoms with Crippen LogP contribution in [-0.2, 0) is 4.74 Å². The Bertz CT molecular complexity index is 1010. The normalized spacial score (nSPS) is 49.2. The van der Waals surface area contributed by atoms with Crippen LogP contribution in [0, 0.1) is 11.3 Å². The van der Waals surface area contributed by atoms with Crippen LogP contribution in [0.2, 0.25) is 0 Å². The van der Waals surface area contributed by atoms with Crippen molar-refractivity contribution >= 4 is 5.57 Å². The van der Waals surface area contributed by atoms with Crippen molar-refractivity contribution in [1.29, 1.82) is 0 Å². The van der Waals surface area contributed by atoms with Gasteiger partial charge in [-0.2, -0.15) is 0 Å². The van der Waals surface area contributed by atoms with E-state index < -0.39 is 29.1 Å². The number of halogens is 1. The van der Waals surface area contributed by atoms with Crippen molar-refractivity contribution in [2.75, 3.05) is 14.1 Å². The molecule has 2 bridgehead atoms. The number of hydrogen-bond donors (Lipinski definition) is 2. The number of rotatable bonds is 2. The molecule has 2 aliphatic heterocycles. The summed E-state index contributed by atoms with van der Waals surface area (Å²) >= 11 is 0. The van der Waals surface area contributed by atoms with Crippen LogP contribution in [0.25, 0.3) is 5.57 Å². The van der Waals surface area contributed by atoms with Crippen LogP contribution in [0.15, 0.2) is 42.3 Å². The summed E-state index contributed by atoms with van der Waals surface area (Å²) in [4.78, 5) is 6.12. The van der Waals surface area contributed by atoms with Gasteiger partial charge in [-0.15, -0.1) is 0 Å². The first-order valence-corrected chi connectivity index (χ1v) is 11.9. The van der Waals surface area contributed by atoms with E-state index in [1.807, 2.05) is 43.5 Å². The lowest BCUT2D eigenvalue weighted by Gasteiger charge is -2.60. The van der Waals surface area contributed by atoms with E-state index in [0.29, 0.717) is 31.3 Å². The lowest BCUT2D eigenvalue weighted by Crippen LogP contribution is -2.68. The standard InChI is InChI=1S/C26H33FN2O3/c1-23-8-10-25(27)14-18-21(30)22(31)19(29(2)3)15-24(18)9-11-26(25,32-24)20(23)5-4-17(23)16-6-12-28-13-7-16/h4,6-7,12-14,19-22,30-31H,5,8-11,15H2,1-3H3. The molecule has 3 heterocycles. The maximum absolute atomic E-state index is 16.9. The van der Waals surface area contributed by atoms with Crippen LogP contribution in [-0.4, -0.2) is 69.3 Å². The van der Waals surface area contributed by atoms with Gasteiger partial charge in [-0.05, 0) is 93.0 Å². The van der Waals surface area contributed by atoms with E-state index in [2.05, 4.69) is 18.0 Å². The van der Waals surface area contributed by atoms with E-state index in [1.165, 1.54) is 5.57 Å². The number of aliphatic hydroxyl groups excluding tert-OH is 2. The average molecular weight is 441 g/mol. The van der Waals surface area contributed by atoms with E-state index in [0.717, 1.165) is 18.4 Å². The Labute approximate surface area is 189 Å². The minimum Gasteiger partial charge on any atom is -0.388 e. The number of fused-ring (bicyclic) bond motifs is 1. The summed E-state index contributed by atoms with van der Waals surface area (Å²) in [5, 5.41) is 21.8. The number of allylic oxidation sites excluding steroid dienone is 2. The summed E-state index contributed by atoms with van der Waals surface area (Å²) < 4.78 is 23.9. The second kappa shape index (κ2) is 6.50. The molecule has 8 atom stereocenters. The molecule has 1 saturated heterocycles. The molecule has 32 heavy (non-hydrogen) atoms. The minimum absolute atomic E-state index is 0.0379. The van der Waals surface area contributed by atoms with Gasteiger partial charge in [-0.1, -0.05) is 13.0 Å². The van der Waals surface area contributed by atoms with Gasteiger partial charge in [0, 0.05) is 24.4 Å². The molecule has 8 unspecified atom stereocenters. The molecule has 3 aliphatic carbocycles. The zero-order valence-corrected chi connectivity index (χ0v) is 19.1. The van der Waals surface area contributed by atoms with Crippen LogP contribution < -0.4 is 0 Å². The molecule has 6 rings (SSSR count). The quantitative estimate of drug-likeness (QED) is 0.691. The van der Waals surface area contributed by atoms with Gasteiger partial charge in [0.05, 0.1) is 11.7 Å². The van der Waals surface area contributed by atoms with Gasteiger partial charge in [0.2, 0.25) is 0 Å². The predicted molar refractivity (Wildman–Crippen MR) is 119 cm³/mol. The van der Waals surface area contributed by atoms with Crippen molar-refractivity contribution in [3.05, 3.63) is 47.8 Å². The number of alkyl halides is 1. The monoisotopic (exact) mass is 440 g/mol. The molecular weight excluding hydrogens is 407 g/mol. The highest BCUT2D eigenvalue weighted by molar-refractivity contribution is 5.73. The molecule has 0 amide bonds. The number of aliphatic hydroxyl groups is 2. The third-order valence-electron chi connectivity index (χ3n) is 9.63. The highest BCUT2D eigenvalue weighted by Gasteiger charge is 2.74. The summed E-state index contributed by atoms with van der Waals surface area (Å²) in [5.74, 6) is 0.0379. The maximum atomic E-state index is 16.9. The van der Waals surface area contributed by atoms with Crippen molar-refractivity contribution in [3.8, 4) is 0 Å². The van der Waals surface area contributed by atoms with Crippen molar-refractivity contribution < 1.29 is 19.3 Å². The molecule has 0 radical (unpaired) electrons. The summed E-state index contributed by atoms with van der Waals surface area (Å²) in [6.07, 6.45) is 9.37. The Kier molecular flexibility index (Phi) is 4.26. The predicted octanol–water partition coefficient (Wildman–Crippen LogP) is 3.28. The van der Waals surface area contributed by atoms with Crippen LogP contribution in [0.5, 0.6) is 0 Å². The summed E-state index contributed by atoms with van der Waals surface area (Å²) in [7, 11) is 3.83. The van der Waals surface area contributed by atoms with Crippen molar-refractivity contribution in [3.63, 3.8) is 0 Å². The largest absolute Gasteiger partial charge is 0.388 e. The Morgan fingerprint density at radius 2 is 1.88 bits per heavy atom. The van der Waals surface area contributed by atoms with Gasteiger partial charge in [0.15, 0.2) is 5.67 Å². The highest BCUT2D eigenvalue weighted by atomic mass is 19.1. The van der Waals surface area contributed by atoms with Gasteiger partial charge in [-0.3, -0.25) is 4.98 Å². The molecular formula is C26H33FN2O3. The van der Waals surface area contributed by atoms with Crippen molar-refractivity contribution in [1.82, 2.24) is 9.88 Å². The summed E-state index contributed by atoms with van der Waals surface area (Å²) in [5.41, 5.74) is -0.361. The number of pyridine rings is 1. The van der Waals surface area contributed by atoms with Gasteiger partial charge in [-0.25, -0.2) is 4.39 Å². The molecule has 5 aliphatic rings. The van der Waals surface area contributed by atoms with E-state index in [1.54, 1.807) is 6.08 Å². The zero-order valence-electron chi connectivity index (χ0n) is 19.1. The second-order valence-corrected chi connectivity index (χ2v) is 11.2. The molecule has 0 aromatic carbocycles. The van der Waals surface area contributed by atoms with Gasteiger partial charge < -0.3 is 19.8 Å². The molecule has 2 saturated carbocycles. The fourth-order valence-electron chi connectivity index (χ4n) is 7.96. The van der Waals surface area contributed by atoms with Crippen LogP contribution >= 0.6 is 0 Å². The number of nitrogens with zero attached hydrogens (tertiary/aromatic N) is 2. The first kappa shape index (κ1) is 21.0. The molecule has 2 spiro atoms. The van der Waals surface area contributed by atoms with Crippen LogP contribution in [0.4, 0.5) is 4.39 Å². The van der Waals surface area contributed by atoms with Crippen LogP contribution in [0.1, 0.15) is 51.0 Å². The van der Waals surface area contributed by atoms with E-state index in [-0.39, 0.29) is 17.4 Å². The number of likely N-dealkylation sites (N-methyl/N-ethyl adjacent to an activating group) is 1. The Balaban J connectivity index is 1.44. The van der Waals surface area contributed by atoms with E-state index in [4.69, 9.17) is 4.74 Å². The third-order valence-corrected chi connectivity index (χ3v) is 9.63. The van der Waals surface area contributed by atoms with E-state index in [9.17, 15) is 10.2 Å². The van der Waals surface area contributed by atoms with Crippen molar-refractivity contribution in [2.24, 2.45) is 11.3 Å². The summed E-state index contributed by atoms with van der Waals surface area (Å²) in [6.45, 7) is 2.28. The molecule has 2 N–H and O–H groups in total. The Morgan fingerprint density at radius 1 is 1.12 bits per heavy atom. The first-order chi connectivity index (χ1) is 15.2. The molecule has 5 nitrogen and oxygen atoms in total. The molecule has 172 valence electrons. The van der Waals surface area contributed by atoms with Gasteiger partial charge >= 0.3 is 0 Å². The molecule has 1 aromatic heterocycles. The second-order valence-electron chi connectivity index (χ2n) is 11.2.